The SMILES string of the molecule is CCc1ccc(NC(=O)CSc2nnc(-c3ccccc3NC(=O)C(C)C)c(=O)[nH]2)cc1. The Morgan fingerprint density at radius 2 is 1.75 bits per heavy atom. The zero-order chi connectivity index (χ0) is 23.1. The van der Waals surface area contributed by atoms with Gasteiger partial charge in [-0.3, -0.25) is 19.4 Å². The number of hydrogen-bond acceptors (Lipinski definition) is 6. The van der Waals surface area contributed by atoms with Gasteiger partial charge in [-0.15, -0.1) is 10.2 Å². The number of nitrogens with zero attached hydrogens (tertiary/aromatic N) is 2. The molecule has 0 atom stereocenters. The lowest BCUT2D eigenvalue weighted by molar-refractivity contribution is -0.119. The molecule has 3 rings (SSSR count). The lowest BCUT2D eigenvalue weighted by Gasteiger charge is -2.11. The number of aromatic amines is 1. The smallest absolute Gasteiger partial charge is 0.278 e. The van der Waals surface area contributed by atoms with Crippen LogP contribution < -0.4 is 16.2 Å². The summed E-state index contributed by atoms with van der Waals surface area (Å²) in [6, 6.07) is 14.6. The predicted molar refractivity (Wildman–Crippen MR) is 127 cm³/mol. The summed E-state index contributed by atoms with van der Waals surface area (Å²) in [5.74, 6) is -0.514. The molecule has 0 fully saturated rings. The van der Waals surface area contributed by atoms with E-state index in [1.54, 1.807) is 38.1 Å². The molecule has 166 valence electrons. The highest BCUT2D eigenvalue weighted by Crippen LogP contribution is 2.24. The number of para-hydroxylation sites is 1. The molecule has 1 heterocycles. The van der Waals surface area contributed by atoms with Gasteiger partial charge in [0.15, 0.2) is 10.9 Å². The number of carbonyl (C=O) groups excluding carboxylic acids is 2. The lowest BCUT2D eigenvalue weighted by atomic mass is 10.1. The van der Waals surface area contributed by atoms with Crippen LogP contribution in [0.4, 0.5) is 11.4 Å². The van der Waals surface area contributed by atoms with Crippen molar-refractivity contribution in [3.63, 3.8) is 0 Å². The number of aryl methyl sites for hydroxylation is 1. The Kier molecular flexibility index (Phi) is 7.77. The minimum Gasteiger partial charge on any atom is -0.325 e. The molecule has 8 nitrogen and oxygen atoms in total. The maximum absolute atomic E-state index is 12.6. The quantitative estimate of drug-likeness (QED) is 0.450. The average molecular weight is 452 g/mol. The van der Waals surface area contributed by atoms with Gasteiger partial charge in [-0.2, -0.15) is 0 Å². The van der Waals surface area contributed by atoms with Crippen LogP contribution in [0.5, 0.6) is 0 Å². The van der Waals surface area contributed by atoms with Crippen molar-refractivity contribution in [3.05, 3.63) is 64.4 Å². The highest BCUT2D eigenvalue weighted by molar-refractivity contribution is 7.99. The number of rotatable bonds is 8. The van der Waals surface area contributed by atoms with Crippen LogP contribution in [0.1, 0.15) is 26.3 Å². The molecule has 2 aromatic carbocycles. The van der Waals surface area contributed by atoms with Crippen LogP contribution in [-0.4, -0.2) is 32.7 Å². The van der Waals surface area contributed by atoms with E-state index in [4.69, 9.17) is 0 Å². The van der Waals surface area contributed by atoms with E-state index in [9.17, 15) is 14.4 Å². The van der Waals surface area contributed by atoms with E-state index in [0.717, 1.165) is 18.2 Å². The Hall–Kier alpha value is -3.46. The normalized spacial score (nSPS) is 10.8. The first-order chi connectivity index (χ1) is 15.4. The van der Waals surface area contributed by atoms with Crippen molar-refractivity contribution >= 4 is 35.0 Å². The van der Waals surface area contributed by atoms with Crippen molar-refractivity contribution < 1.29 is 9.59 Å². The Morgan fingerprint density at radius 3 is 2.41 bits per heavy atom. The number of amides is 2. The molecule has 0 saturated carbocycles. The minimum absolute atomic E-state index is 0.0700. The van der Waals surface area contributed by atoms with E-state index < -0.39 is 5.56 Å². The van der Waals surface area contributed by atoms with E-state index in [0.29, 0.717) is 16.9 Å². The number of benzene rings is 2. The largest absolute Gasteiger partial charge is 0.325 e. The molecule has 0 unspecified atom stereocenters. The molecule has 0 aliphatic rings. The van der Waals surface area contributed by atoms with E-state index in [1.165, 1.54) is 5.56 Å². The molecule has 0 aliphatic carbocycles. The van der Waals surface area contributed by atoms with E-state index in [1.807, 2.05) is 24.3 Å². The van der Waals surface area contributed by atoms with Crippen molar-refractivity contribution in [3.8, 4) is 11.3 Å². The fourth-order valence-electron chi connectivity index (χ4n) is 2.79. The Morgan fingerprint density at radius 1 is 1.03 bits per heavy atom. The summed E-state index contributed by atoms with van der Waals surface area (Å²) in [4.78, 5) is 39.6. The second kappa shape index (κ2) is 10.7. The third-order valence-corrected chi connectivity index (χ3v) is 5.49. The molecular formula is C23H25N5O3S. The van der Waals surface area contributed by atoms with E-state index in [-0.39, 0.29) is 34.3 Å². The molecule has 1 aromatic heterocycles. The molecule has 0 radical (unpaired) electrons. The van der Waals surface area contributed by atoms with Gasteiger partial charge < -0.3 is 10.6 Å². The molecule has 2 amide bonds. The summed E-state index contributed by atoms with van der Waals surface area (Å²) >= 11 is 1.08. The zero-order valence-electron chi connectivity index (χ0n) is 18.1. The predicted octanol–water partition coefficient (Wildman–Crippen LogP) is 3.72. The topological polar surface area (TPSA) is 117 Å². The van der Waals surface area contributed by atoms with Crippen molar-refractivity contribution in [2.75, 3.05) is 16.4 Å². The molecule has 0 spiro atoms. The second-order valence-electron chi connectivity index (χ2n) is 7.38. The molecule has 0 aliphatic heterocycles. The van der Waals surface area contributed by atoms with Crippen LogP contribution in [0.3, 0.4) is 0 Å². The Balaban J connectivity index is 1.67. The van der Waals surface area contributed by atoms with Gasteiger partial charge in [0.25, 0.3) is 5.56 Å². The van der Waals surface area contributed by atoms with Gasteiger partial charge in [0, 0.05) is 17.2 Å². The molecule has 9 heteroatoms. The maximum Gasteiger partial charge on any atom is 0.278 e. The average Bonchev–Trinajstić information content (AvgIpc) is 2.79. The van der Waals surface area contributed by atoms with Crippen LogP contribution in [0.15, 0.2) is 58.5 Å². The summed E-state index contributed by atoms with van der Waals surface area (Å²) in [7, 11) is 0. The van der Waals surface area contributed by atoms with Gasteiger partial charge >= 0.3 is 0 Å². The molecule has 0 bridgehead atoms. The molecular weight excluding hydrogens is 426 g/mol. The fraction of sp³-hybridized carbons (Fsp3) is 0.261. The van der Waals surface area contributed by atoms with E-state index in [2.05, 4.69) is 32.7 Å². The van der Waals surface area contributed by atoms with Crippen LogP contribution >= 0.6 is 11.8 Å². The second-order valence-corrected chi connectivity index (χ2v) is 8.35. The van der Waals surface area contributed by atoms with Gasteiger partial charge in [0.05, 0.1) is 11.4 Å². The monoisotopic (exact) mass is 451 g/mol. The minimum atomic E-state index is -0.454. The summed E-state index contributed by atoms with van der Waals surface area (Å²) in [6.45, 7) is 5.64. The number of aromatic nitrogens is 3. The molecule has 3 N–H and O–H groups in total. The van der Waals surface area contributed by atoms with Crippen molar-refractivity contribution in [1.29, 1.82) is 0 Å². The molecule has 0 saturated heterocycles. The number of thioether (sulfide) groups is 1. The number of hydrogen-bond donors (Lipinski definition) is 3. The Bertz CT molecular complexity index is 1160. The summed E-state index contributed by atoms with van der Waals surface area (Å²) in [5, 5.41) is 13.9. The first-order valence-electron chi connectivity index (χ1n) is 10.3. The Labute approximate surface area is 190 Å². The molecule has 3 aromatic rings. The van der Waals surface area contributed by atoms with Crippen molar-refractivity contribution in [2.24, 2.45) is 5.92 Å². The highest BCUT2D eigenvalue weighted by Gasteiger charge is 2.15. The standard InChI is InChI=1S/C23H25N5O3S/c1-4-15-9-11-16(12-10-15)24-19(29)13-32-23-26-22(31)20(27-28-23)17-7-5-6-8-18(17)25-21(30)14(2)3/h5-12,14H,4,13H2,1-3H3,(H,24,29)(H,25,30)(H,26,28,31). The van der Waals surface area contributed by atoms with Crippen LogP contribution in [-0.2, 0) is 16.0 Å². The van der Waals surface area contributed by atoms with Crippen molar-refractivity contribution in [2.45, 2.75) is 32.3 Å². The lowest BCUT2D eigenvalue weighted by Crippen LogP contribution is -2.20. The molecule has 32 heavy (non-hydrogen) atoms. The summed E-state index contributed by atoms with van der Waals surface area (Å²) < 4.78 is 0. The number of carbonyl (C=O) groups is 2. The van der Waals surface area contributed by atoms with Crippen LogP contribution in [0, 0.1) is 5.92 Å². The zero-order valence-corrected chi connectivity index (χ0v) is 19.0. The fourth-order valence-corrected chi connectivity index (χ4v) is 3.40. The third kappa shape index (κ3) is 6.04. The van der Waals surface area contributed by atoms with Crippen LogP contribution in [0.25, 0.3) is 11.3 Å². The summed E-state index contributed by atoms with van der Waals surface area (Å²) in [6.07, 6.45) is 0.931. The van der Waals surface area contributed by atoms with Gasteiger partial charge in [-0.05, 0) is 30.2 Å². The van der Waals surface area contributed by atoms with E-state index >= 15 is 0 Å². The summed E-state index contributed by atoms with van der Waals surface area (Å²) in [5.41, 5.74) is 2.50. The number of nitrogens with one attached hydrogen (secondary N) is 3. The third-order valence-electron chi connectivity index (χ3n) is 4.63. The highest BCUT2D eigenvalue weighted by atomic mass is 32.2. The van der Waals surface area contributed by atoms with Gasteiger partial charge in [0.2, 0.25) is 11.8 Å². The van der Waals surface area contributed by atoms with Gasteiger partial charge in [-0.1, -0.05) is 62.9 Å². The first kappa shape index (κ1) is 23.2. The first-order valence-corrected chi connectivity index (χ1v) is 11.2. The van der Waals surface area contributed by atoms with Gasteiger partial charge in [0.1, 0.15) is 0 Å². The van der Waals surface area contributed by atoms with Crippen molar-refractivity contribution in [1.82, 2.24) is 15.2 Å². The van der Waals surface area contributed by atoms with Crippen LogP contribution in [0.2, 0.25) is 0 Å². The van der Waals surface area contributed by atoms with Gasteiger partial charge in [-0.25, -0.2) is 0 Å². The number of anilines is 2. The maximum atomic E-state index is 12.6. The number of H-pyrrole nitrogens is 1.